The predicted molar refractivity (Wildman–Crippen MR) is 126 cm³/mol. The number of aliphatic carboxylic acids is 1. The van der Waals surface area contributed by atoms with E-state index in [1.54, 1.807) is 0 Å². The van der Waals surface area contributed by atoms with Crippen molar-refractivity contribution >= 4 is 23.0 Å². The van der Waals surface area contributed by atoms with Gasteiger partial charge in [0.05, 0.1) is 12.5 Å². The molecule has 2 N–H and O–H groups in total. The van der Waals surface area contributed by atoms with Gasteiger partial charge in [0.2, 0.25) is 0 Å². The third-order valence-electron chi connectivity index (χ3n) is 6.36. The Bertz CT molecular complexity index is 1310. The van der Waals surface area contributed by atoms with Gasteiger partial charge in [0.25, 0.3) is 0 Å². The van der Waals surface area contributed by atoms with E-state index < -0.39 is 18.1 Å². The zero-order valence-corrected chi connectivity index (χ0v) is 18.2. The van der Waals surface area contributed by atoms with Crippen molar-refractivity contribution in [3.05, 3.63) is 95.7 Å². The third-order valence-corrected chi connectivity index (χ3v) is 6.36. The Morgan fingerprint density at radius 2 is 1.58 bits per heavy atom. The maximum absolute atomic E-state index is 12.8. The molecule has 0 saturated heterocycles. The maximum atomic E-state index is 12.8. The molecule has 6 nitrogen and oxygen atoms in total. The van der Waals surface area contributed by atoms with Crippen molar-refractivity contribution in [2.75, 3.05) is 6.61 Å². The van der Waals surface area contributed by atoms with Gasteiger partial charge in [-0.2, -0.15) is 0 Å². The first-order valence-electron chi connectivity index (χ1n) is 10.9. The van der Waals surface area contributed by atoms with Crippen molar-refractivity contribution in [1.82, 2.24) is 9.88 Å². The van der Waals surface area contributed by atoms with Gasteiger partial charge in [-0.3, -0.25) is 4.79 Å². The minimum absolute atomic E-state index is 0.0568. The Morgan fingerprint density at radius 3 is 2.21 bits per heavy atom. The minimum atomic E-state index is -0.996. The van der Waals surface area contributed by atoms with E-state index in [2.05, 4.69) is 29.6 Å². The molecule has 6 heteroatoms. The van der Waals surface area contributed by atoms with Crippen LogP contribution in [0.1, 0.15) is 35.2 Å². The molecule has 1 amide bonds. The lowest BCUT2D eigenvalue weighted by Gasteiger charge is -2.20. The first-order valence-corrected chi connectivity index (χ1v) is 10.9. The first kappa shape index (κ1) is 20.8. The number of carboxylic acid groups (broad SMARTS) is 1. The molecule has 0 spiro atoms. The molecule has 1 aliphatic rings. The molecular formula is C27H24N2O4. The molecule has 33 heavy (non-hydrogen) atoms. The second-order valence-electron chi connectivity index (χ2n) is 8.31. The number of aromatic nitrogens is 1. The van der Waals surface area contributed by atoms with Crippen LogP contribution in [0.3, 0.4) is 0 Å². The fourth-order valence-electron chi connectivity index (χ4n) is 4.83. The van der Waals surface area contributed by atoms with Crippen LogP contribution in [0.2, 0.25) is 0 Å². The number of benzene rings is 3. The summed E-state index contributed by atoms with van der Waals surface area (Å²) in [5.41, 5.74) is 6.25. The van der Waals surface area contributed by atoms with Crippen LogP contribution in [0.5, 0.6) is 0 Å². The van der Waals surface area contributed by atoms with Crippen LogP contribution in [0.4, 0.5) is 4.79 Å². The summed E-state index contributed by atoms with van der Waals surface area (Å²) in [6.45, 7) is 0.175. The topological polar surface area (TPSA) is 80.6 Å². The molecule has 1 aromatic heterocycles. The standard InChI is InChI=1S/C27H24N2O4/c1-29-24-13-7-2-8-17(24)14-25(29)23(15-26(30)31)28-27(32)33-16-22-20-11-5-3-9-18(20)19-10-4-6-12-21(19)22/h2-14,22-23H,15-16H2,1H3,(H,28,32)(H,30,31). The average Bonchev–Trinajstić information content (AvgIpc) is 3.32. The van der Waals surface area contributed by atoms with Gasteiger partial charge in [0.15, 0.2) is 0 Å². The lowest BCUT2D eigenvalue weighted by atomic mass is 9.98. The second-order valence-corrected chi connectivity index (χ2v) is 8.31. The normalized spacial score (nSPS) is 13.4. The van der Waals surface area contributed by atoms with Gasteiger partial charge < -0.3 is 19.7 Å². The molecule has 0 bridgehead atoms. The molecule has 166 valence electrons. The summed E-state index contributed by atoms with van der Waals surface area (Å²) in [7, 11) is 1.87. The Balaban J connectivity index is 1.35. The monoisotopic (exact) mass is 440 g/mol. The van der Waals surface area contributed by atoms with Crippen LogP contribution in [-0.4, -0.2) is 28.3 Å². The number of carbonyl (C=O) groups excluding carboxylic acids is 1. The highest BCUT2D eigenvalue weighted by Crippen LogP contribution is 2.44. The van der Waals surface area contributed by atoms with Crippen LogP contribution >= 0.6 is 0 Å². The Hall–Kier alpha value is -4.06. The molecule has 3 aromatic carbocycles. The van der Waals surface area contributed by atoms with Crippen LogP contribution < -0.4 is 5.32 Å². The average molecular weight is 440 g/mol. The molecule has 1 heterocycles. The Labute approximate surface area is 191 Å². The molecule has 0 aliphatic heterocycles. The molecule has 5 rings (SSSR count). The van der Waals surface area contributed by atoms with Crippen molar-refractivity contribution < 1.29 is 19.4 Å². The minimum Gasteiger partial charge on any atom is -0.481 e. The molecule has 1 unspecified atom stereocenters. The number of amides is 1. The van der Waals surface area contributed by atoms with Gasteiger partial charge in [-0.15, -0.1) is 0 Å². The second kappa shape index (κ2) is 8.47. The Kier molecular flexibility index (Phi) is 5.34. The fourth-order valence-corrected chi connectivity index (χ4v) is 4.83. The summed E-state index contributed by atoms with van der Waals surface area (Å²) in [5, 5.41) is 13.2. The molecule has 0 saturated carbocycles. The number of carboxylic acids is 1. The first-order chi connectivity index (χ1) is 16.0. The van der Waals surface area contributed by atoms with Crippen molar-refractivity contribution in [3.63, 3.8) is 0 Å². The van der Waals surface area contributed by atoms with Gasteiger partial charge in [0, 0.05) is 24.2 Å². The number of hydrogen-bond donors (Lipinski definition) is 2. The number of para-hydroxylation sites is 1. The van der Waals surface area contributed by atoms with E-state index in [1.165, 1.54) is 0 Å². The SMILES string of the molecule is Cn1c(C(CC(=O)O)NC(=O)OCC2c3ccccc3-c3ccccc32)cc2ccccc21. The lowest BCUT2D eigenvalue weighted by Crippen LogP contribution is -2.32. The molecule has 1 atom stereocenters. The van der Waals surface area contributed by atoms with Gasteiger partial charge in [-0.1, -0.05) is 66.7 Å². The zero-order valence-electron chi connectivity index (χ0n) is 18.2. The van der Waals surface area contributed by atoms with Gasteiger partial charge >= 0.3 is 12.1 Å². The quantitative estimate of drug-likeness (QED) is 0.430. The predicted octanol–water partition coefficient (Wildman–Crippen LogP) is 5.23. The number of nitrogens with zero attached hydrogens (tertiary/aromatic N) is 1. The van der Waals surface area contributed by atoms with E-state index >= 15 is 0 Å². The van der Waals surface area contributed by atoms with Crippen LogP contribution in [0.15, 0.2) is 78.9 Å². The van der Waals surface area contributed by atoms with Gasteiger partial charge in [-0.25, -0.2) is 4.79 Å². The number of fused-ring (bicyclic) bond motifs is 4. The summed E-state index contributed by atoms with van der Waals surface area (Å²) in [6, 6.07) is 25.2. The third kappa shape index (κ3) is 3.84. The highest BCUT2D eigenvalue weighted by molar-refractivity contribution is 5.82. The molecule has 0 fully saturated rings. The number of rotatable bonds is 6. The van der Waals surface area contributed by atoms with E-state index in [4.69, 9.17) is 4.74 Å². The van der Waals surface area contributed by atoms with Crippen molar-refractivity contribution in [1.29, 1.82) is 0 Å². The largest absolute Gasteiger partial charge is 0.481 e. The number of nitrogens with one attached hydrogen (secondary N) is 1. The van der Waals surface area contributed by atoms with Gasteiger partial charge in [0.1, 0.15) is 6.61 Å². The van der Waals surface area contributed by atoms with Gasteiger partial charge in [-0.05, 0) is 39.8 Å². The summed E-state index contributed by atoms with van der Waals surface area (Å²) < 4.78 is 7.54. The van der Waals surface area contributed by atoms with Crippen molar-refractivity contribution in [2.45, 2.75) is 18.4 Å². The summed E-state index contributed by atoms with van der Waals surface area (Å²) in [5.74, 6) is -1.05. The number of aryl methyl sites for hydroxylation is 1. The van der Waals surface area contributed by atoms with E-state index in [0.717, 1.165) is 33.2 Å². The molecule has 1 aliphatic carbocycles. The summed E-state index contributed by atoms with van der Waals surface area (Å²) in [4.78, 5) is 24.3. The van der Waals surface area contributed by atoms with E-state index in [0.29, 0.717) is 5.69 Å². The van der Waals surface area contributed by atoms with Crippen molar-refractivity contribution in [3.8, 4) is 11.1 Å². The zero-order chi connectivity index (χ0) is 22.9. The number of hydrogen-bond acceptors (Lipinski definition) is 3. The lowest BCUT2D eigenvalue weighted by molar-refractivity contribution is -0.137. The molecule has 4 aromatic rings. The summed E-state index contributed by atoms with van der Waals surface area (Å²) in [6.07, 6.45) is -0.873. The van der Waals surface area contributed by atoms with Crippen molar-refractivity contribution in [2.24, 2.45) is 7.05 Å². The molecular weight excluding hydrogens is 416 g/mol. The fraction of sp³-hybridized carbons (Fsp3) is 0.185. The Morgan fingerprint density at radius 1 is 0.970 bits per heavy atom. The number of carbonyl (C=O) groups is 2. The summed E-state index contributed by atoms with van der Waals surface area (Å²) >= 11 is 0. The van der Waals surface area contributed by atoms with Crippen LogP contribution in [0, 0.1) is 0 Å². The van der Waals surface area contributed by atoms with Crippen LogP contribution in [-0.2, 0) is 16.6 Å². The highest BCUT2D eigenvalue weighted by Gasteiger charge is 2.30. The number of alkyl carbamates (subject to hydrolysis) is 1. The van der Waals surface area contributed by atoms with E-state index in [1.807, 2.05) is 66.2 Å². The van der Waals surface area contributed by atoms with E-state index in [9.17, 15) is 14.7 Å². The number of ether oxygens (including phenoxy) is 1. The maximum Gasteiger partial charge on any atom is 0.407 e. The van der Waals surface area contributed by atoms with E-state index in [-0.39, 0.29) is 18.9 Å². The van der Waals surface area contributed by atoms with Crippen LogP contribution in [0.25, 0.3) is 22.0 Å². The highest BCUT2D eigenvalue weighted by atomic mass is 16.5. The molecule has 0 radical (unpaired) electrons. The smallest absolute Gasteiger partial charge is 0.407 e.